The molecule has 1 fully saturated rings. The Morgan fingerprint density at radius 2 is 2.06 bits per heavy atom. The number of benzene rings is 1. The molecule has 1 aliphatic heterocycles. The van der Waals surface area contributed by atoms with E-state index in [4.69, 9.17) is 4.52 Å². The summed E-state index contributed by atoms with van der Waals surface area (Å²) in [7, 11) is 0. The molecule has 9 heteroatoms. The van der Waals surface area contributed by atoms with E-state index in [2.05, 4.69) is 31.0 Å². The fourth-order valence-electron chi connectivity index (χ4n) is 3.99. The fraction of sp³-hybridized carbons (Fsp3) is 0.304. The minimum atomic E-state index is -0.224. The van der Waals surface area contributed by atoms with E-state index in [1.165, 1.54) is 0 Å². The Labute approximate surface area is 190 Å². The Morgan fingerprint density at radius 3 is 2.88 bits per heavy atom. The summed E-state index contributed by atoms with van der Waals surface area (Å²) in [6.07, 6.45) is 7.53. The van der Waals surface area contributed by atoms with Crippen molar-refractivity contribution in [3.63, 3.8) is 0 Å². The number of nitrogens with zero attached hydrogens (tertiary/aromatic N) is 5. The molecule has 1 amide bonds. The number of imidazole rings is 1. The molecule has 3 aromatic heterocycles. The molecular weight excluding hydrogens is 424 g/mol. The maximum atomic E-state index is 12.9. The molecular formula is C23H24N6O2S. The molecule has 0 unspecified atom stereocenters. The molecule has 0 atom stereocenters. The number of pyridine rings is 1. The van der Waals surface area contributed by atoms with Gasteiger partial charge in [-0.3, -0.25) is 13.5 Å². The van der Waals surface area contributed by atoms with Crippen LogP contribution in [0.4, 0.5) is 5.69 Å². The average Bonchev–Trinajstić information content (AvgIpc) is 3.48. The highest BCUT2D eigenvalue weighted by molar-refractivity contribution is 7.96. The Balaban J connectivity index is 1.35. The van der Waals surface area contributed by atoms with Crippen LogP contribution in [0.1, 0.15) is 40.7 Å². The summed E-state index contributed by atoms with van der Waals surface area (Å²) < 4.78 is 9.72. The standard InChI is InChI=1S/C23H24N6O2S/c1-15-6-7-17(21-26-23(31-27-21)16-8-11-28(32-2)12-9-16)13-18(15)25-22(30)19-14-24-20-5-3-4-10-29(19)20/h3-7,10,13-14,16H,8-9,11-12H2,1-2H3,(H,25,30). The number of hydrogen-bond donors (Lipinski definition) is 1. The molecule has 4 heterocycles. The summed E-state index contributed by atoms with van der Waals surface area (Å²) in [5, 5.41) is 7.21. The summed E-state index contributed by atoms with van der Waals surface area (Å²) in [5.74, 6) is 1.30. The molecule has 5 rings (SSSR count). The van der Waals surface area contributed by atoms with Gasteiger partial charge in [0.1, 0.15) is 11.3 Å². The lowest BCUT2D eigenvalue weighted by molar-refractivity contribution is 0.102. The van der Waals surface area contributed by atoms with Gasteiger partial charge in [-0.2, -0.15) is 4.98 Å². The zero-order valence-corrected chi connectivity index (χ0v) is 18.8. The molecule has 1 saturated heterocycles. The van der Waals surface area contributed by atoms with Gasteiger partial charge < -0.3 is 9.84 Å². The number of rotatable bonds is 5. The SMILES string of the molecule is CSN1CCC(c2nc(-c3ccc(C)c(NC(=O)c4cnc5ccccn45)c3)no2)CC1. The Kier molecular flexibility index (Phi) is 5.67. The van der Waals surface area contributed by atoms with E-state index >= 15 is 0 Å². The van der Waals surface area contributed by atoms with Crippen molar-refractivity contribution in [3.8, 4) is 11.4 Å². The quantitative estimate of drug-likeness (QED) is 0.453. The third-order valence-electron chi connectivity index (χ3n) is 5.90. The first-order chi connectivity index (χ1) is 15.6. The van der Waals surface area contributed by atoms with Crippen LogP contribution in [0.5, 0.6) is 0 Å². The van der Waals surface area contributed by atoms with Gasteiger partial charge in [-0.1, -0.05) is 35.3 Å². The van der Waals surface area contributed by atoms with Crippen molar-refractivity contribution in [1.29, 1.82) is 0 Å². The molecule has 4 aromatic rings. The predicted octanol–water partition coefficient (Wildman–Crippen LogP) is 4.40. The van der Waals surface area contributed by atoms with Gasteiger partial charge in [0, 0.05) is 36.5 Å². The van der Waals surface area contributed by atoms with Crippen LogP contribution in [-0.2, 0) is 0 Å². The molecule has 1 aromatic carbocycles. The molecule has 8 nitrogen and oxygen atoms in total. The highest BCUT2D eigenvalue weighted by Gasteiger charge is 2.25. The van der Waals surface area contributed by atoms with Crippen LogP contribution in [-0.4, -0.2) is 49.1 Å². The Morgan fingerprint density at radius 1 is 1.22 bits per heavy atom. The van der Waals surface area contributed by atoms with Crippen LogP contribution < -0.4 is 5.32 Å². The van der Waals surface area contributed by atoms with Crippen LogP contribution in [0.2, 0.25) is 0 Å². The van der Waals surface area contributed by atoms with Gasteiger partial charge in [-0.25, -0.2) is 4.98 Å². The molecule has 0 saturated carbocycles. The second-order valence-corrected chi connectivity index (χ2v) is 8.78. The van der Waals surface area contributed by atoms with Gasteiger partial charge in [0.05, 0.1) is 6.20 Å². The van der Waals surface area contributed by atoms with E-state index < -0.39 is 0 Å². The van der Waals surface area contributed by atoms with Crippen LogP contribution in [0.25, 0.3) is 17.0 Å². The lowest BCUT2D eigenvalue weighted by Gasteiger charge is -2.27. The van der Waals surface area contributed by atoms with E-state index in [9.17, 15) is 4.79 Å². The number of anilines is 1. The first kappa shape index (κ1) is 20.7. The molecule has 0 aliphatic carbocycles. The first-order valence-electron chi connectivity index (χ1n) is 10.6. The van der Waals surface area contributed by atoms with Crippen LogP contribution in [0.3, 0.4) is 0 Å². The zero-order valence-electron chi connectivity index (χ0n) is 18.0. The molecule has 164 valence electrons. The molecule has 1 aliphatic rings. The number of carbonyl (C=O) groups excluding carboxylic acids is 1. The normalized spacial score (nSPS) is 15.3. The topological polar surface area (TPSA) is 88.6 Å². The lowest BCUT2D eigenvalue weighted by Crippen LogP contribution is -2.27. The summed E-state index contributed by atoms with van der Waals surface area (Å²) in [5.41, 5.74) is 3.66. The van der Waals surface area contributed by atoms with Gasteiger partial charge in [-0.15, -0.1) is 0 Å². The van der Waals surface area contributed by atoms with Crippen molar-refractivity contribution < 1.29 is 9.32 Å². The third-order valence-corrected chi connectivity index (χ3v) is 6.78. The van der Waals surface area contributed by atoms with E-state index in [1.54, 1.807) is 22.5 Å². The van der Waals surface area contributed by atoms with E-state index in [1.807, 2.05) is 49.5 Å². The maximum absolute atomic E-state index is 12.9. The summed E-state index contributed by atoms with van der Waals surface area (Å²) in [6, 6.07) is 11.4. The monoisotopic (exact) mass is 448 g/mol. The minimum Gasteiger partial charge on any atom is -0.339 e. The maximum Gasteiger partial charge on any atom is 0.274 e. The number of amides is 1. The number of nitrogens with one attached hydrogen (secondary N) is 1. The number of piperidine rings is 1. The van der Waals surface area contributed by atoms with Crippen molar-refractivity contribution in [1.82, 2.24) is 23.8 Å². The van der Waals surface area contributed by atoms with Crippen molar-refractivity contribution in [2.75, 3.05) is 24.7 Å². The first-order valence-corrected chi connectivity index (χ1v) is 11.8. The summed E-state index contributed by atoms with van der Waals surface area (Å²) in [4.78, 5) is 21.9. The smallest absolute Gasteiger partial charge is 0.274 e. The van der Waals surface area contributed by atoms with Crippen molar-refractivity contribution in [3.05, 3.63) is 65.9 Å². The van der Waals surface area contributed by atoms with Crippen molar-refractivity contribution in [2.24, 2.45) is 0 Å². The highest BCUT2D eigenvalue weighted by Crippen LogP contribution is 2.31. The molecule has 32 heavy (non-hydrogen) atoms. The third kappa shape index (κ3) is 4.01. The number of aromatic nitrogens is 4. The van der Waals surface area contributed by atoms with E-state index in [0.29, 0.717) is 29.0 Å². The van der Waals surface area contributed by atoms with Gasteiger partial charge in [0.15, 0.2) is 0 Å². The second kappa shape index (κ2) is 8.76. The predicted molar refractivity (Wildman–Crippen MR) is 125 cm³/mol. The number of aryl methyl sites for hydroxylation is 1. The Bertz CT molecular complexity index is 1260. The highest BCUT2D eigenvalue weighted by atomic mass is 32.2. The largest absolute Gasteiger partial charge is 0.339 e. The molecule has 0 radical (unpaired) electrons. The van der Waals surface area contributed by atoms with Crippen LogP contribution in [0.15, 0.2) is 53.3 Å². The van der Waals surface area contributed by atoms with Crippen molar-refractivity contribution >= 4 is 29.2 Å². The summed E-state index contributed by atoms with van der Waals surface area (Å²) >= 11 is 1.78. The molecule has 1 N–H and O–H groups in total. The van der Waals surface area contributed by atoms with Crippen molar-refractivity contribution in [2.45, 2.75) is 25.7 Å². The van der Waals surface area contributed by atoms with Gasteiger partial charge >= 0.3 is 0 Å². The van der Waals surface area contributed by atoms with Gasteiger partial charge in [0.2, 0.25) is 11.7 Å². The number of carbonyl (C=O) groups is 1. The number of hydrogen-bond acceptors (Lipinski definition) is 7. The van der Waals surface area contributed by atoms with Gasteiger partial charge in [-0.05, 0) is 49.8 Å². The van der Waals surface area contributed by atoms with E-state index in [-0.39, 0.29) is 5.91 Å². The molecule has 0 bridgehead atoms. The second-order valence-electron chi connectivity index (χ2n) is 7.90. The Hall–Kier alpha value is -3.17. The average molecular weight is 449 g/mol. The van der Waals surface area contributed by atoms with Crippen LogP contribution >= 0.6 is 11.9 Å². The lowest BCUT2D eigenvalue weighted by atomic mass is 9.98. The minimum absolute atomic E-state index is 0.224. The van der Waals surface area contributed by atoms with Crippen LogP contribution in [0, 0.1) is 6.92 Å². The van der Waals surface area contributed by atoms with E-state index in [0.717, 1.165) is 42.7 Å². The summed E-state index contributed by atoms with van der Waals surface area (Å²) in [6.45, 7) is 4.00. The fourth-order valence-corrected chi connectivity index (χ4v) is 4.56. The molecule has 0 spiro atoms. The van der Waals surface area contributed by atoms with Gasteiger partial charge in [0.25, 0.3) is 5.91 Å². The number of fused-ring (bicyclic) bond motifs is 1. The zero-order chi connectivity index (χ0) is 22.1.